The minimum atomic E-state index is -0.448. The molecular formula is C23H22Br2N2O5. The Bertz CT molecular complexity index is 1050. The number of ether oxygens (including phenoxy) is 2. The van der Waals surface area contributed by atoms with Gasteiger partial charge in [-0.15, -0.1) is 0 Å². The summed E-state index contributed by atoms with van der Waals surface area (Å²) >= 11 is 7.20. The molecule has 4 rings (SSSR count). The van der Waals surface area contributed by atoms with Crippen molar-refractivity contribution in [1.82, 2.24) is 0 Å². The minimum absolute atomic E-state index is 0.113. The number of carbonyl (C=O) groups excluding carboxylic acids is 3. The molecule has 1 heterocycles. The third-order valence-corrected chi connectivity index (χ3v) is 8.69. The maximum atomic E-state index is 13.2. The molecule has 1 aliphatic heterocycles. The van der Waals surface area contributed by atoms with Crippen molar-refractivity contribution in [2.24, 2.45) is 11.8 Å². The summed E-state index contributed by atoms with van der Waals surface area (Å²) in [5.74, 6) is -0.724. The average molecular weight is 566 g/mol. The van der Waals surface area contributed by atoms with Crippen LogP contribution < -0.4 is 19.7 Å². The highest BCUT2D eigenvalue weighted by molar-refractivity contribution is 9.12. The van der Waals surface area contributed by atoms with Crippen molar-refractivity contribution in [1.29, 1.82) is 0 Å². The van der Waals surface area contributed by atoms with Crippen LogP contribution in [0.4, 0.5) is 11.4 Å². The Kier molecular flexibility index (Phi) is 6.57. The standard InChI is InChI=1S/C23H22Br2N2O5/c1-31-12-7-8-18(20(9-12)32-2)26-21(28)13-5-3-4-6-19(13)27-22(29)14-10-16(24)17(25)11-15(14)23(27)30/h3-9,14-17H,10-11H2,1-2H3,(H,26,28)/t14-,15-,16-,17+/m1/s1. The summed E-state index contributed by atoms with van der Waals surface area (Å²) in [6.45, 7) is 0. The first-order valence-electron chi connectivity index (χ1n) is 10.1. The van der Waals surface area contributed by atoms with Gasteiger partial charge < -0.3 is 14.8 Å². The van der Waals surface area contributed by atoms with Gasteiger partial charge in [0.05, 0.1) is 43.0 Å². The van der Waals surface area contributed by atoms with Crippen LogP contribution in [0.2, 0.25) is 0 Å². The molecule has 0 spiro atoms. The summed E-state index contributed by atoms with van der Waals surface area (Å²) in [6, 6.07) is 11.7. The Morgan fingerprint density at radius 1 is 0.969 bits per heavy atom. The number of halogens is 2. The number of benzene rings is 2. The molecular weight excluding hydrogens is 544 g/mol. The van der Waals surface area contributed by atoms with Crippen molar-refractivity contribution in [3.8, 4) is 11.5 Å². The first-order valence-corrected chi connectivity index (χ1v) is 12.0. The first kappa shape index (κ1) is 22.8. The van der Waals surface area contributed by atoms with Gasteiger partial charge in [-0.2, -0.15) is 0 Å². The normalized spacial score (nSPS) is 24.8. The molecule has 9 heteroatoms. The van der Waals surface area contributed by atoms with Crippen molar-refractivity contribution in [2.75, 3.05) is 24.4 Å². The maximum Gasteiger partial charge on any atom is 0.257 e. The second-order valence-corrected chi connectivity index (χ2v) is 10.1. The zero-order valence-electron chi connectivity index (χ0n) is 17.5. The Labute approximate surface area is 202 Å². The van der Waals surface area contributed by atoms with Gasteiger partial charge in [-0.25, -0.2) is 4.90 Å². The fraction of sp³-hybridized carbons (Fsp3) is 0.348. The lowest BCUT2D eigenvalue weighted by molar-refractivity contribution is -0.122. The lowest BCUT2D eigenvalue weighted by atomic mass is 9.81. The molecule has 1 saturated carbocycles. The number of fused-ring (bicyclic) bond motifs is 1. The van der Waals surface area contributed by atoms with Gasteiger partial charge in [0.15, 0.2) is 0 Å². The van der Waals surface area contributed by atoms with Crippen LogP contribution in [0.25, 0.3) is 0 Å². The average Bonchev–Trinajstić information content (AvgIpc) is 3.03. The number of methoxy groups -OCH3 is 2. The van der Waals surface area contributed by atoms with Crippen LogP contribution in [0.5, 0.6) is 11.5 Å². The fourth-order valence-corrected chi connectivity index (χ4v) is 5.52. The van der Waals surface area contributed by atoms with Crippen LogP contribution in [0, 0.1) is 11.8 Å². The molecule has 1 aliphatic carbocycles. The van der Waals surface area contributed by atoms with E-state index < -0.39 is 17.7 Å². The number of hydrogen-bond acceptors (Lipinski definition) is 5. The van der Waals surface area contributed by atoms with E-state index in [1.54, 1.807) is 49.6 Å². The summed E-state index contributed by atoms with van der Waals surface area (Å²) in [5.41, 5.74) is 0.973. The number of rotatable bonds is 5. The molecule has 4 atom stereocenters. The monoisotopic (exact) mass is 564 g/mol. The highest BCUT2D eigenvalue weighted by atomic mass is 79.9. The molecule has 2 aromatic rings. The number of nitrogens with one attached hydrogen (secondary N) is 1. The third-order valence-electron chi connectivity index (χ3n) is 5.96. The number of anilines is 2. The lowest BCUT2D eigenvalue weighted by Gasteiger charge is -2.29. The van der Waals surface area contributed by atoms with Crippen LogP contribution in [0.3, 0.4) is 0 Å². The molecule has 32 heavy (non-hydrogen) atoms. The second kappa shape index (κ2) is 9.23. The molecule has 7 nitrogen and oxygen atoms in total. The van der Waals surface area contributed by atoms with Crippen molar-refractivity contribution in [3.05, 3.63) is 48.0 Å². The van der Waals surface area contributed by atoms with Crippen LogP contribution in [-0.2, 0) is 9.59 Å². The summed E-state index contributed by atoms with van der Waals surface area (Å²) in [4.78, 5) is 41.0. The molecule has 168 valence electrons. The van der Waals surface area contributed by atoms with Crippen LogP contribution in [0.1, 0.15) is 23.2 Å². The van der Waals surface area contributed by atoms with Gasteiger partial charge in [0.1, 0.15) is 11.5 Å². The van der Waals surface area contributed by atoms with Gasteiger partial charge in [0.25, 0.3) is 5.91 Å². The largest absolute Gasteiger partial charge is 0.497 e. The Morgan fingerprint density at radius 3 is 2.19 bits per heavy atom. The summed E-state index contributed by atoms with van der Waals surface area (Å²) in [7, 11) is 3.04. The predicted octanol–water partition coefficient (Wildman–Crippen LogP) is 4.38. The topological polar surface area (TPSA) is 84.9 Å². The van der Waals surface area contributed by atoms with Gasteiger partial charge in [-0.1, -0.05) is 44.0 Å². The lowest BCUT2D eigenvalue weighted by Crippen LogP contribution is -2.34. The number of alkyl halides is 2. The van der Waals surface area contributed by atoms with E-state index in [1.165, 1.54) is 12.0 Å². The van der Waals surface area contributed by atoms with E-state index in [0.717, 1.165) is 0 Å². The number of nitrogens with zero attached hydrogens (tertiary/aromatic N) is 1. The number of para-hydroxylation sites is 1. The van der Waals surface area contributed by atoms with Gasteiger partial charge >= 0.3 is 0 Å². The first-order chi connectivity index (χ1) is 15.3. The zero-order valence-corrected chi connectivity index (χ0v) is 20.7. The highest BCUT2D eigenvalue weighted by Crippen LogP contribution is 2.45. The quantitative estimate of drug-likeness (QED) is 0.429. The van der Waals surface area contributed by atoms with E-state index in [1.807, 2.05) is 0 Å². The van der Waals surface area contributed by atoms with E-state index in [4.69, 9.17) is 9.47 Å². The van der Waals surface area contributed by atoms with Crippen LogP contribution in [0.15, 0.2) is 42.5 Å². The predicted molar refractivity (Wildman–Crippen MR) is 128 cm³/mol. The van der Waals surface area contributed by atoms with Crippen molar-refractivity contribution in [3.63, 3.8) is 0 Å². The van der Waals surface area contributed by atoms with E-state index in [0.29, 0.717) is 35.7 Å². The SMILES string of the molecule is COc1ccc(NC(=O)c2ccccc2N2C(=O)[C@@H]3C[C@@H](Br)[C@@H](Br)C[C@H]3C2=O)c(OC)c1. The van der Waals surface area contributed by atoms with Crippen molar-refractivity contribution >= 4 is 61.0 Å². The Hall–Kier alpha value is -2.39. The fourth-order valence-electron chi connectivity index (χ4n) is 4.28. The van der Waals surface area contributed by atoms with Gasteiger partial charge in [0, 0.05) is 15.7 Å². The summed E-state index contributed by atoms with van der Waals surface area (Å²) in [6.07, 6.45) is 1.14. The molecule has 0 radical (unpaired) electrons. The van der Waals surface area contributed by atoms with Crippen molar-refractivity contribution in [2.45, 2.75) is 22.5 Å². The zero-order chi connectivity index (χ0) is 23.0. The van der Waals surface area contributed by atoms with E-state index in [-0.39, 0.29) is 27.0 Å². The van der Waals surface area contributed by atoms with Gasteiger partial charge in [0.2, 0.25) is 11.8 Å². The molecule has 2 fully saturated rings. The molecule has 0 aromatic heterocycles. The molecule has 0 bridgehead atoms. The Balaban J connectivity index is 1.65. The van der Waals surface area contributed by atoms with E-state index >= 15 is 0 Å². The summed E-state index contributed by atoms with van der Waals surface area (Å²) < 4.78 is 10.5. The molecule has 2 aliphatic rings. The molecule has 0 unspecified atom stereocenters. The molecule has 1 N–H and O–H groups in total. The maximum absolute atomic E-state index is 13.2. The third kappa shape index (κ3) is 4.03. The van der Waals surface area contributed by atoms with Crippen LogP contribution in [-0.4, -0.2) is 41.6 Å². The van der Waals surface area contributed by atoms with Gasteiger partial charge in [-0.3, -0.25) is 14.4 Å². The number of amides is 3. The second-order valence-electron chi connectivity index (χ2n) is 7.77. The number of imide groups is 1. The van der Waals surface area contributed by atoms with Crippen LogP contribution >= 0.6 is 31.9 Å². The Morgan fingerprint density at radius 2 is 1.59 bits per heavy atom. The molecule has 1 saturated heterocycles. The smallest absolute Gasteiger partial charge is 0.257 e. The number of carbonyl (C=O) groups is 3. The number of hydrogen-bond donors (Lipinski definition) is 1. The van der Waals surface area contributed by atoms with E-state index in [9.17, 15) is 14.4 Å². The van der Waals surface area contributed by atoms with Crippen molar-refractivity contribution < 1.29 is 23.9 Å². The van der Waals surface area contributed by atoms with Gasteiger partial charge in [-0.05, 0) is 37.1 Å². The molecule has 2 aromatic carbocycles. The summed E-state index contributed by atoms with van der Waals surface area (Å²) in [5, 5.41) is 2.82. The van der Waals surface area contributed by atoms with E-state index in [2.05, 4.69) is 37.2 Å². The minimum Gasteiger partial charge on any atom is -0.497 e. The molecule has 3 amide bonds. The highest BCUT2D eigenvalue weighted by Gasteiger charge is 2.52.